The van der Waals surface area contributed by atoms with Gasteiger partial charge in [-0.15, -0.1) is 0 Å². The molecule has 9 heavy (non-hydrogen) atoms. The smallest absolute Gasteiger partial charge is 0.246 e. The zero-order valence-corrected chi connectivity index (χ0v) is 7.61. The molecule has 54 valence electrons. The largest absolute Gasteiger partial charge is 0.550 e. The topological polar surface area (TPSA) is 9.23 Å². The van der Waals surface area contributed by atoms with E-state index < -0.39 is 8.32 Å². The van der Waals surface area contributed by atoms with Crippen LogP contribution < -0.4 is 0 Å². The van der Waals surface area contributed by atoms with Gasteiger partial charge in [-0.25, -0.2) is 0 Å². The van der Waals surface area contributed by atoms with Gasteiger partial charge in [-0.2, -0.15) is 0 Å². The Hall–Kier alpha value is -0.243. The molecule has 1 nitrogen and oxygen atoms in total. The SMILES string of the molecule is C=CO[Si](C)(CC)CC. The Labute approximate surface area is 58.9 Å². The van der Waals surface area contributed by atoms with Crippen LogP contribution in [-0.4, -0.2) is 8.32 Å². The van der Waals surface area contributed by atoms with Crippen molar-refractivity contribution in [1.29, 1.82) is 0 Å². The van der Waals surface area contributed by atoms with Gasteiger partial charge in [0.2, 0.25) is 8.32 Å². The Balaban J connectivity index is 3.75. The third-order valence-electron chi connectivity index (χ3n) is 1.86. The summed E-state index contributed by atoms with van der Waals surface area (Å²) in [5.74, 6) is 0. The van der Waals surface area contributed by atoms with Gasteiger partial charge in [0.1, 0.15) is 0 Å². The normalized spacial score (nSPS) is 11.0. The van der Waals surface area contributed by atoms with E-state index >= 15 is 0 Å². The molecule has 0 aromatic carbocycles. The Kier molecular flexibility index (Phi) is 3.62. The van der Waals surface area contributed by atoms with Gasteiger partial charge in [-0.05, 0) is 18.6 Å². The fraction of sp³-hybridized carbons (Fsp3) is 0.714. The van der Waals surface area contributed by atoms with Crippen LogP contribution in [0.4, 0.5) is 0 Å². The van der Waals surface area contributed by atoms with Gasteiger partial charge in [0.15, 0.2) is 0 Å². The summed E-state index contributed by atoms with van der Waals surface area (Å²) in [6.07, 6.45) is 1.58. The van der Waals surface area contributed by atoms with E-state index in [2.05, 4.69) is 27.0 Å². The van der Waals surface area contributed by atoms with Crippen LogP contribution in [0, 0.1) is 0 Å². The van der Waals surface area contributed by atoms with Crippen molar-refractivity contribution >= 4 is 8.32 Å². The third-order valence-corrected chi connectivity index (χ3v) is 5.59. The Morgan fingerprint density at radius 2 is 1.89 bits per heavy atom. The Bertz CT molecular complexity index is 86.9. The average Bonchev–Trinajstić information content (AvgIpc) is 1.89. The monoisotopic (exact) mass is 144 g/mol. The first-order chi connectivity index (χ1) is 4.18. The molecular formula is C7H16OSi. The maximum absolute atomic E-state index is 5.43. The lowest BCUT2D eigenvalue weighted by atomic mass is 10.9. The maximum Gasteiger partial charge on any atom is 0.246 e. The molecule has 0 saturated carbocycles. The molecule has 0 atom stereocenters. The summed E-state index contributed by atoms with van der Waals surface area (Å²) in [6, 6.07) is 2.35. The average molecular weight is 144 g/mol. The summed E-state index contributed by atoms with van der Waals surface area (Å²) in [6.45, 7) is 10.1. The highest BCUT2D eigenvalue weighted by Crippen LogP contribution is 2.15. The molecule has 0 spiro atoms. The maximum atomic E-state index is 5.43. The second-order valence-corrected chi connectivity index (χ2v) is 6.99. The van der Waals surface area contributed by atoms with Crippen LogP contribution in [0.5, 0.6) is 0 Å². The minimum atomic E-state index is -1.32. The van der Waals surface area contributed by atoms with Crippen molar-refractivity contribution in [2.24, 2.45) is 0 Å². The van der Waals surface area contributed by atoms with Gasteiger partial charge in [-0.1, -0.05) is 20.4 Å². The lowest BCUT2D eigenvalue weighted by molar-refractivity contribution is 0.467. The van der Waals surface area contributed by atoms with Crippen LogP contribution in [-0.2, 0) is 4.43 Å². The molecule has 0 aliphatic heterocycles. The summed E-state index contributed by atoms with van der Waals surface area (Å²) in [5, 5.41) is 0. The van der Waals surface area contributed by atoms with Gasteiger partial charge in [0, 0.05) is 0 Å². The molecule has 0 amide bonds. The first-order valence-electron chi connectivity index (χ1n) is 3.47. The summed E-state index contributed by atoms with van der Waals surface area (Å²) in [4.78, 5) is 0. The number of hydrogen-bond donors (Lipinski definition) is 0. The predicted octanol–water partition coefficient (Wildman–Crippen LogP) is 2.76. The van der Waals surface area contributed by atoms with Crippen molar-refractivity contribution in [1.82, 2.24) is 0 Å². The van der Waals surface area contributed by atoms with Crippen LogP contribution in [0.15, 0.2) is 12.8 Å². The lowest BCUT2D eigenvalue weighted by Crippen LogP contribution is -2.29. The van der Waals surface area contributed by atoms with Crippen molar-refractivity contribution in [3.05, 3.63) is 12.8 Å². The van der Waals surface area contributed by atoms with Gasteiger partial charge in [0.25, 0.3) is 0 Å². The standard InChI is InChI=1S/C7H16OSi/c1-5-8-9(4,6-2)7-3/h5H,1,6-7H2,2-4H3. The minimum Gasteiger partial charge on any atom is -0.550 e. The van der Waals surface area contributed by atoms with Crippen molar-refractivity contribution in [3.63, 3.8) is 0 Å². The highest BCUT2D eigenvalue weighted by atomic mass is 28.4. The van der Waals surface area contributed by atoms with Crippen molar-refractivity contribution in [2.75, 3.05) is 0 Å². The lowest BCUT2D eigenvalue weighted by Gasteiger charge is -2.22. The van der Waals surface area contributed by atoms with Crippen LogP contribution in [0.1, 0.15) is 13.8 Å². The van der Waals surface area contributed by atoms with Crippen LogP contribution in [0.2, 0.25) is 18.6 Å². The fourth-order valence-corrected chi connectivity index (χ4v) is 1.85. The minimum absolute atomic E-state index is 1.18. The van der Waals surface area contributed by atoms with Crippen LogP contribution in [0.3, 0.4) is 0 Å². The van der Waals surface area contributed by atoms with E-state index in [9.17, 15) is 0 Å². The van der Waals surface area contributed by atoms with Crippen molar-refractivity contribution < 1.29 is 4.43 Å². The van der Waals surface area contributed by atoms with Crippen molar-refractivity contribution in [2.45, 2.75) is 32.5 Å². The number of hydrogen-bond acceptors (Lipinski definition) is 1. The molecule has 0 N–H and O–H groups in total. The molecule has 0 rings (SSSR count). The molecule has 0 radical (unpaired) electrons. The highest BCUT2D eigenvalue weighted by molar-refractivity contribution is 6.72. The second kappa shape index (κ2) is 3.72. The molecule has 0 heterocycles. The van der Waals surface area contributed by atoms with Gasteiger partial charge in [0.05, 0.1) is 6.26 Å². The highest BCUT2D eigenvalue weighted by Gasteiger charge is 2.23. The van der Waals surface area contributed by atoms with Gasteiger partial charge < -0.3 is 4.43 Å². The molecular weight excluding hydrogens is 128 g/mol. The first kappa shape index (κ1) is 8.76. The van der Waals surface area contributed by atoms with E-state index in [1.54, 1.807) is 6.26 Å². The molecule has 0 aromatic heterocycles. The van der Waals surface area contributed by atoms with Crippen LogP contribution >= 0.6 is 0 Å². The number of rotatable bonds is 4. The van der Waals surface area contributed by atoms with E-state index in [0.29, 0.717) is 0 Å². The molecule has 0 bridgehead atoms. The van der Waals surface area contributed by atoms with Crippen LogP contribution in [0.25, 0.3) is 0 Å². The quantitative estimate of drug-likeness (QED) is 0.435. The zero-order chi connectivity index (χ0) is 7.33. The third kappa shape index (κ3) is 2.70. The van der Waals surface area contributed by atoms with E-state index in [4.69, 9.17) is 4.43 Å². The molecule has 0 fully saturated rings. The fourth-order valence-electron chi connectivity index (χ4n) is 0.618. The first-order valence-corrected chi connectivity index (χ1v) is 6.29. The van der Waals surface area contributed by atoms with Gasteiger partial charge in [-0.3, -0.25) is 0 Å². The molecule has 0 aliphatic rings. The molecule has 0 saturated heterocycles. The van der Waals surface area contributed by atoms with E-state index in [-0.39, 0.29) is 0 Å². The van der Waals surface area contributed by atoms with E-state index in [0.717, 1.165) is 0 Å². The summed E-state index contributed by atoms with van der Waals surface area (Å²) in [5.41, 5.74) is 0. The Morgan fingerprint density at radius 3 is 2.00 bits per heavy atom. The van der Waals surface area contributed by atoms with E-state index in [1.807, 2.05) is 0 Å². The summed E-state index contributed by atoms with van der Waals surface area (Å²) < 4.78 is 5.43. The summed E-state index contributed by atoms with van der Waals surface area (Å²) in [7, 11) is -1.32. The molecule has 0 aromatic rings. The molecule has 0 unspecified atom stereocenters. The van der Waals surface area contributed by atoms with E-state index in [1.165, 1.54) is 12.1 Å². The molecule has 2 heteroatoms. The predicted molar refractivity (Wildman–Crippen MR) is 43.9 cm³/mol. The Morgan fingerprint density at radius 1 is 1.44 bits per heavy atom. The van der Waals surface area contributed by atoms with Crippen molar-refractivity contribution in [3.8, 4) is 0 Å². The molecule has 0 aliphatic carbocycles. The second-order valence-electron chi connectivity index (χ2n) is 2.44. The zero-order valence-electron chi connectivity index (χ0n) is 6.61. The summed E-state index contributed by atoms with van der Waals surface area (Å²) >= 11 is 0. The van der Waals surface area contributed by atoms with Gasteiger partial charge >= 0.3 is 0 Å².